The van der Waals surface area contributed by atoms with Crippen molar-refractivity contribution in [3.8, 4) is 73.2 Å². The molecule has 0 bridgehead atoms. The number of imidazole rings is 1. The minimum Gasteiger partial charge on any atom is -0.510 e. The molecule has 0 saturated carbocycles. The molecule has 4 heterocycles. The molecule has 5 nitrogen and oxygen atoms in total. The van der Waals surface area contributed by atoms with Crippen molar-refractivity contribution in [1.29, 1.82) is 0 Å². The van der Waals surface area contributed by atoms with Gasteiger partial charge in [-0.25, -0.2) is 4.98 Å². The normalized spacial score (nSPS) is 15.2. The van der Waals surface area contributed by atoms with E-state index in [-0.39, 0.29) is 32.0 Å². The van der Waals surface area contributed by atoms with Crippen LogP contribution in [0.15, 0.2) is 267 Å². The summed E-state index contributed by atoms with van der Waals surface area (Å²) in [5, 5.41) is -1.64. The molecule has 7 heteroatoms. The second-order valence-electron chi connectivity index (χ2n) is 23.3. The Morgan fingerprint density at radius 3 is 1.82 bits per heavy atom. The minimum absolute atomic E-state index is 0. The number of para-hydroxylation sites is 3. The van der Waals surface area contributed by atoms with Crippen molar-refractivity contribution >= 4 is 61.7 Å². The third kappa shape index (κ3) is 9.42. The van der Waals surface area contributed by atoms with E-state index in [2.05, 4.69) is 82.8 Å². The summed E-state index contributed by atoms with van der Waals surface area (Å²) in [5.41, 5.74) is 9.41. The van der Waals surface area contributed by atoms with Gasteiger partial charge in [0.25, 0.3) is 6.33 Å². The molecule has 1 aliphatic rings. The minimum atomic E-state index is -6.16. The second kappa shape index (κ2) is 21.8. The van der Waals surface area contributed by atoms with Gasteiger partial charge in [-0.15, -0.1) is 29.7 Å². The molecule has 0 fully saturated rings. The summed E-state index contributed by atoms with van der Waals surface area (Å²) in [5.74, 6) is 1.56. The smallest absolute Gasteiger partial charge is 0.268 e. The number of nitrogens with zero attached hydrogens (tertiary/aromatic N) is 4. The van der Waals surface area contributed by atoms with Gasteiger partial charge in [0.15, 0.2) is 8.07 Å². The fourth-order valence-corrected chi connectivity index (χ4v) is 15.7. The van der Waals surface area contributed by atoms with Crippen molar-refractivity contribution in [2.75, 3.05) is 0 Å². The maximum absolute atomic E-state index is 10.7. The van der Waals surface area contributed by atoms with E-state index < -0.39 is 155 Å². The molecule has 11 aromatic carbocycles. The molecule has 87 heavy (non-hydrogen) atoms. The van der Waals surface area contributed by atoms with Crippen molar-refractivity contribution < 1.29 is 56.4 Å². The Morgan fingerprint density at radius 2 is 1.10 bits per heavy atom. The van der Waals surface area contributed by atoms with E-state index in [1.54, 1.807) is 18.2 Å². The van der Waals surface area contributed by atoms with Gasteiger partial charge in [0.1, 0.15) is 5.82 Å². The molecular formula is C80H62N4OPtSi-2. The maximum atomic E-state index is 10.7. The van der Waals surface area contributed by atoms with Gasteiger partial charge in [0.2, 0.25) is 0 Å². The van der Waals surface area contributed by atoms with Crippen molar-refractivity contribution in [2.45, 2.75) is 52.4 Å². The van der Waals surface area contributed by atoms with Crippen LogP contribution in [0.25, 0.3) is 94.5 Å². The first kappa shape index (κ1) is 37.9. The first-order chi connectivity index (χ1) is 49.8. The zero-order valence-corrected chi connectivity index (χ0v) is 51.2. The Labute approximate surface area is 551 Å². The Hall–Kier alpha value is -9.45. The number of rotatable bonds is 9. The summed E-state index contributed by atoms with van der Waals surface area (Å²) in [4.78, 5) is 4.86. The number of fused-ring (bicyclic) bond motifs is 10. The molecule has 15 rings (SSSR count). The molecule has 14 aromatic rings. The van der Waals surface area contributed by atoms with Crippen molar-refractivity contribution in [2.24, 2.45) is 0 Å². The predicted octanol–water partition coefficient (Wildman–Crippen LogP) is 16.5. The van der Waals surface area contributed by atoms with Crippen LogP contribution in [0, 0.1) is 18.5 Å². The number of ether oxygens (including phenoxy) is 1. The van der Waals surface area contributed by atoms with Crippen molar-refractivity contribution in [3.63, 3.8) is 0 Å². The van der Waals surface area contributed by atoms with Crippen molar-refractivity contribution in [1.82, 2.24) is 14.1 Å². The van der Waals surface area contributed by atoms with Gasteiger partial charge in [-0.2, -0.15) is 18.2 Å². The van der Waals surface area contributed by atoms with Gasteiger partial charge in [-0.3, -0.25) is 4.57 Å². The van der Waals surface area contributed by atoms with E-state index in [1.807, 2.05) is 125 Å². The summed E-state index contributed by atoms with van der Waals surface area (Å²) in [7, 11) is -6.16. The van der Waals surface area contributed by atoms with Crippen LogP contribution in [0.2, 0.25) is 0 Å². The van der Waals surface area contributed by atoms with Gasteiger partial charge in [-0.1, -0.05) is 253 Å². The molecule has 0 N–H and O–H groups in total. The van der Waals surface area contributed by atoms with Gasteiger partial charge >= 0.3 is 0 Å². The SMILES string of the molecule is [2H]c1c([2H])c([2H])c([Si](c2c([2H])c([2H])c([2H])c([2H])c2[2H])(c2c([2H])c([2H])c([2H])c([2H])c2[2H])c2c([2H])c([2H])c([2H])c(-c3ccc4c(c3)-c3cccc(C(C)(C)C)c3-[n+]3[c-]n(-c5[c-]c(Oc6[c-]c7c(cc6)c6ccccc6n7-c6cc(C(C)(C)C)ccn6)ccc5)c5cccc(c53)-c3ccccc3-4)c2[2H])c([2H])c1[2H].[Pt]. The predicted molar refractivity (Wildman–Crippen MR) is 356 cm³/mol. The fraction of sp³-hybridized carbons (Fsp3) is 0.100. The third-order valence-electron chi connectivity index (χ3n) is 16.1. The Kier molecular flexibility index (Phi) is 9.49. The molecule has 1 aliphatic heterocycles. The number of hydrogen-bond acceptors (Lipinski definition) is 2. The molecular weight excluding hydrogens is 1260 g/mol. The number of benzene rings is 11. The van der Waals surface area contributed by atoms with Crippen LogP contribution in [0.4, 0.5) is 0 Å². The second-order valence-corrected chi connectivity index (χ2v) is 26.8. The Morgan fingerprint density at radius 1 is 0.494 bits per heavy atom. The fourth-order valence-electron chi connectivity index (χ4n) is 12.1. The van der Waals surface area contributed by atoms with E-state index in [0.717, 1.165) is 66.5 Å². The first-order valence-corrected chi connectivity index (χ1v) is 30.1. The van der Waals surface area contributed by atoms with Crippen LogP contribution < -0.4 is 30.1 Å². The Bertz CT molecular complexity index is 5890. The molecule has 0 amide bonds. The van der Waals surface area contributed by atoms with E-state index >= 15 is 0 Å². The van der Waals surface area contributed by atoms with Gasteiger partial charge in [-0.05, 0) is 123 Å². The first-order valence-electron chi connectivity index (χ1n) is 37.6. The quantitative estimate of drug-likeness (QED) is 0.0625. The van der Waals surface area contributed by atoms with Crippen LogP contribution in [0.1, 0.15) is 78.7 Å². The van der Waals surface area contributed by atoms with Crippen LogP contribution >= 0.6 is 0 Å². The Balaban J connectivity index is 0.00000944. The molecule has 0 atom stereocenters. The number of pyridine rings is 1. The van der Waals surface area contributed by atoms with Crippen LogP contribution in [-0.2, 0) is 31.9 Å². The summed E-state index contributed by atoms with van der Waals surface area (Å²) in [6, 6.07) is 34.5. The molecule has 0 saturated heterocycles. The zero-order chi connectivity index (χ0) is 74.8. The molecule has 0 spiro atoms. The standard InChI is InChI=1S/C80H62N4OSi.Pt/c1-79(2,3)56-46-47-81-76(50-56)84-73-40-19-18-36-67(73)68-45-43-59(52-75(68)84)85-58-26-21-25-57(51-58)82-53-83-77-70(37-22-39-72(77)80(4,5)6)71-49-55(42-44-66(71)64-34-16-17-35-65(64)69-38-23-41-74(82)78(69)83)54-24-20-33-63(48-54)86(60-27-10-7-11-28-60,61-29-12-8-13-30-61)62-31-14-9-15-32-62;/h7-50H,1-6H3;/q-2;/i7D,8D,9D,10D,11D,12D,13D,14D,15D,20D,24D,27D,28D,29D,30D,31D,32D,33D,48D;. The van der Waals surface area contributed by atoms with E-state index in [4.69, 9.17) is 22.1 Å². The van der Waals surface area contributed by atoms with Crippen LogP contribution in [0.3, 0.4) is 0 Å². The average molecular weight is 1340 g/mol. The zero-order valence-electron chi connectivity index (χ0n) is 66.9. The van der Waals surface area contributed by atoms with E-state index in [9.17, 15) is 13.7 Å². The average Bonchev–Trinajstić information content (AvgIpc) is 0.823. The molecule has 3 aromatic heterocycles. The van der Waals surface area contributed by atoms with Gasteiger partial charge < -0.3 is 13.9 Å². The van der Waals surface area contributed by atoms with Gasteiger partial charge in [0.05, 0.1) is 42.8 Å². The van der Waals surface area contributed by atoms with Crippen LogP contribution in [-0.4, -0.2) is 22.2 Å². The largest absolute Gasteiger partial charge is 0.510 e. The topological polar surface area (TPSA) is 35.9 Å². The molecule has 424 valence electrons. The van der Waals surface area contributed by atoms with Gasteiger partial charge in [0, 0.05) is 44.3 Å². The van der Waals surface area contributed by atoms with E-state index in [0.29, 0.717) is 39.6 Å². The number of hydrogen-bond donors (Lipinski definition) is 0. The summed E-state index contributed by atoms with van der Waals surface area (Å²) in [6.07, 6.45) is 5.61. The summed E-state index contributed by atoms with van der Waals surface area (Å²) < 4.78 is 193. The maximum Gasteiger partial charge on any atom is 0.268 e. The third-order valence-corrected chi connectivity index (χ3v) is 20.1. The summed E-state index contributed by atoms with van der Waals surface area (Å²) >= 11 is 0. The molecule has 0 radical (unpaired) electrons. The van der Waals surface area contributed by atoms with E-state index in [1.165, 1.54) is 0 Å². The molecule has 0 aliphatic carbocycles. The van der Waals surface area contributed by atoms with Crippen molar-refractivity contribution in [3.05, 3.63) is 296 Å². The molecule has 0 unspecified atom stereocenters. The summed E-state index contributed by atoms with van der Waals surface area (Å²) in [6.45, 7) is 12.8. The monoisotopic (exact) mass is 1340 g/mol. The number of aromatic nitrogens is 4. The van der Waals surface area contributed by atoms with Crippen LogP contribution in [0.5, 0.6) is 11.5 Å².